The maximum atomic E-state index is 12.0. The Morgan fingerprint density at radius 3 is 1.43 bits per heavy atom. The molecule has 0 heterocycles. The van der Waals surface area contributed by atoms with Gasteiger partial charge < -0.3 is 9.47 Å². The van der Waals surface area contributed by atoms with E-state index in [-0.39, 0.29) is 24.1 Å². The van der Waals surface area contributed by atoms with E-state index in [1.165, 1.54) is 0 Å². The normalized spacial score (nSPS) is 13.0. The summed E-state index contributed by atoms with van der Waals surface area (Å²) in [7, 11) is 0. The third-order valence-corrected chi connectivity index (χ3v) is 3.30. The summed E-state index contributed by atoms with van der Waals surface area (Å²) >= 11 is 0. The molecule has 0 spiro atoms. The molecule has 2 aromatic rings. The highest BCUT2D eigenvalue weighted by Crippen LogP contribution is 2.12. The molecule has 0 N–H and O–H groups in total. The summed E-state index contributed by atoms with van der Waals surface area (Å²) in [5.41, 5.74) is 1.02. The first kappa shape index (κ1) is 16.7. The second kappa shape index (κ2) is 8.13. The fraction of sp³-hybridized carbons (Fsp3) is 0.263. The van der Waals surface area contributed by atoms with E-state index in [2.05, 4.69) is 0 Å². The summed E-state index contributed by atoms with van der Waals surface area (Å²) in [6.45, 7) is 3.57. The number of hydrogen-bond acceptors (Lipinski definition) is 4. The molecular formula is C19H20O4. The minimum absolute atomic E-state index is 0.346. The fourth-order valence-electron chi connectivity index (χ4n) is 2.21. The molecular weight excluding hydrogens is 292 g/mol. The Bertz CT molecular complexity index is 579. The van der Waals surface area contributed by atoms with Gasteiger partial charge in [0.05, 0.1) is 11.1 Å². The van der Waals surface area contributed by atoms with Gasteiger partial charge in [0, 0.05) is 6.42 Å². The molecule has 0 aliphatic carbocycles. The lowest BCUT2D eigenvalue weighted by molar-refractivity contribution is 0.00764. The summed E-state index contributed by atoms with van der Waals surface area (Å²) in [5, 5.41) is 0. The lowest BCUT2D eigenvalue weighted by atomic mass is 10.2. The van der Waals surface area contributed by atoms with Crippen LogP contribution in [0.2, 0.25) is 0 Å². The average molecular weight is 312 g/mol. The van der Waals surface area contributed by atoms with Crippen LogP contribution >= 0.6 is 0 Å². The standard InChI is InChI=1S/C19H20O4/c1-14(22-18(20)16-9-5-3-6-10-16)13-15(2)23-19(21)17-11-7-4-8-12-17/h3-12,14-15H,13H2,1-2H3/t14-,15-/m1/s1. The molecule has 4 nitrogen and oxygen atoms in total. The van der Waals surface area contributed by atoms with Crippen molar-refractivity contribution in [2.45, 2.75) is 32.5 Å². The van der Waals surface area contributed by atoms with Crippen LogP contribution in [0.1, 0.15) is 41.0 Å². The number of carbonyl (C=O) groups is 2. The van der Waals surface area contributed by atoms with E-state index in [1.54, 1.807) is 62.4 Å². The van der Waals surface area contributed by atoms with Gasteiger partial charge in [0.2, 0.25) is 0 Å². The molecule has 0 saturated heterocycles. The van der Waals surface area contributed by atoms with Gasteiger partial charge in [-0.15, -0.1) is 0 Å². The largest absolute Gasteiger partial charge is 0.459 e. The number of rotatable bonds is 6. The minimum Gasteiger partial charge on any atom is -0.459 e. The molecule has 4 heteroatoms. The van der Waals surface area contributed by atoms with Crippen molar-refractivity contribution in [1.82, 2.24) is 0 Å². The maximum Gasteiger partial charge on any atom is 0.338 e. The van der Waals surface area contributed by atoms with Gasteiger partial charge >= 0.3 is 11.9 Å². The van der Waals surface area contributed by atoms with Crippen LogP contribution in [0.3, 0.4) is 0 Å². The summed E-state index contributed by atoms with van der Waals surface area (Å²) in [6.07, 6.45) is -0.250. The predicted octanol–water partition coefficient (Wildman–Crippen LogP) is 3.87. The van der Waals surface area contributed by atoms with Crippen LogP contribution in [0.25, 0.3) is 0 Å². The van der Waals surface area contributed by atoms with Crippen LogP contribution in [0.4, 0.5) is 0 Å². The van der Waals surface area contributed by atoms with Crippen molar-refractivity contribution < 1.29 is 19.1 Å². The second-order valence-electron chi connectivity index (χ2n) is 5.40. The van der Waals surface area contributed by atoms with Gasteiger partial charge in [-0.3, -0.25) is 0 Å². The Balaban J connectivity index is 1.82. The monoisotopic (exact) mass is 312 g/mol. The van der Waals surface area contributed by atoms with Crippen LogP contribution in [-0.4, -0.2) is 24.1 Å². The average Bonchev–Trinajstić information content (AvgIpc) is 2.56. The lowest BCUT2D eigenvalue weighted by Crippen LogP contribution is -2.23. The molecule has 2 aromatic carbocycles. The summed E-state index contributed by atoms with van der Waals surface area (Å²) in [6, 6.07) is 17.6. The van der Waals surface area contributed by atoms with E-state index in [9.17, 15) is 9.59 Å². The third kappa shape index (κ3) is 5.25. The molecule has 0 aliphatic heterocycles. The van der Waals surface area contributed by atoms with Gasteiger partial charge in [0.1, 0.15) is 12.2 Å². The van der Waals surface area contributed by atoms with Crippen LogP contribution in [0.5, 0.6) is 0 Å². The van der Waals surface area contributed by atoms with Gasteiger partial charge in [-0.1, -0.05) is 36.4 Å². The van der Waals surface area contributed by atoms with E-state index in [4.69, 9.17) is 9.47 Å². The quantitative estimate of drug-likeness (QED) is 0.760. The van der Waals surface area contributed by atoms with Crippen LogP contribution in [0, 0.1) is 0 Å². The summed E-state index contributed by atoms with van der Waals surface area (Å²) in [5.74, 6) is -0.751. The van der Waals surface area contributed by atoms with Crippen LogP contribution < -0.4 is 0 Å². The van der Waals surface area contributed by atoms with E-state index in [0.717, 1.165) is 0 Å². The minimum atomic E-state index is -0.375. The van der Waals surface area contributed by atoms with Crippen molar-refractivity contribution in [1.29, 1.82) is 0 Å². The maximum absolute atomic E-state index is 12.0. The Morgan fingerprint density at radius 2 is 1.09 bits per heavy atom. The molecule has 0 bridgehead atoms. The number of esters is 2. The summed E-state index contributed by atoms with van der Waals surface area (Å²) < 4.78 is 10.7. The second-order valence-corrected chi connectivity index (χ2v) is 5.40. The van der Waals surface area contributed by atoms with Gasteiger partial charge in [0.15, 0.2) is 0 Å². The first-order valence-electron chi connectivity index (χ1n) is 7.58. The zero-order valence-corrected chi connectivity index (χ0v) is 13.3. The predicted molar refractivity (Wildman–Crippen MR) is 87.3 cm³/mol. The van der Waals surface area contributed by atoms with Gasteiger partial charge in [-0.05, 0) is 38.1 Å². The highest BCUT2D eigenvalue weighted by Gasteiger charge is 2.18. The lowest BCUT2D eigenvalue weighted by Gasteiger charge is -2.18. The number of hydrogen-bond donors (Lipinski definition) is 0. The van der Waals surface area contributed by atoms with E-state index >= 15 is 0 Å². The molecule has 23 heavy (non-hydrogen) atoms. The molecule has 0 amide bonds. The molecule has 0 fully saturated rings. The van der Waals surface area contributed by atoms with E-state index in [1.807, 2.05) is 12.1 Å². The molecule has 0 aromatic heterocycles. The van der Waals surface area contributed by atoms with Crippen molar-refractivity contribution in [3.63, 3.8) is 0 Å². The third-order valence-electron chi connectivity index (χ3n) is 3.30. The number of carbonyl (C=O) groups excluding carboxylic acids is 2. The Labute approximate surface area is 136 Å². The SMILES string of the molecule is C[C@H](C[C@@H](C)OC(=O)c1ccccc1)OC(=O)c1ccccc1. The van der Waals surface area contributed by atoms with E-state index in [0.29, 0.717) is 17.5 Å². The van der Waals surface area contributed by atoms with Crippen LogP contribution in [-0.2, 0) is 9.47 Å². The molecule has 120 valence electrons. The smallest absolute Gasteiger partial charge is 0.338 e. The molecule has 0 unspecified atom stereocenters. The van der Waals surface area contributed by atoms with Gasteiger partial charge in [-0.2, -0.15) is 0 Å². The van der Waals surface area contributed by atoms with Crippen molar-refractivity contribution in [2.24, 2.45) is 0 Å². The number of ether oxygens (including phenoxy) is 2. The molecule has 0 saturated carbocycles. The van der Waals surface area contributed by atoms with Crippen LogP contribution in [0.15, 0.2) is 60.7 Å². The molecule has 0 radical (unpaired) electrons. The Hall–Kier alpha value is -2.62. The molecule has 0 aliphatic rings. The Morgan fingerprint density at radius 1 is 0.739 bits per heavy atom. The van der Waals surface area contributed by atoms with Crippen molar-refractivity contribution >= 4 is 11.9 Å². The van der Waals surface area contributed by atoms with Gasteiger partial charge in [-0.25, -0.2) is 9.59 Å². The molecule has 2 rings (SSSR count). The topological polar surface area (TPSA) is 52.6 Å². The fourth-order valence-corrected chi connectivity index (χ4v) is 2.21. The molecule has 2 atom stereocenters. The zero-order valence-electron chi connectivity index (χ0n) is 13.3. The highest BCUT2D eigenvalue weighted by atomic mass is 16.6. The van der Waals surface area contributed by atoms with Crippen molar-refractivity contribution in [2.75, 3.05) is 0 Å². The first-order chi connectivity index (χ1) is 11.1. The van der Waals surface area contributed by atoms with E-state index < -0.39 is 0 Å². The summed E-state index contributed by atoms with van der Waals surface area (Å²) in [4.78, 5) is 23.9. The highest BCUT2D eigenvalue weighted by molar-refractivity contribution is 5.90. The van der Waals surface area contributed by atoms with Gasteiger partial charge in [0.25, 0.3) is 0 Å². The Kier molecular flexibility index (Phi) is 5.92. The van der Waals surface area contributed by atoms with Crippen molar-refractivity contribution in [3.8, 4) is 0 Å². The zero-order chi connectivity index (χ0) is 16.7. The first-order valence-corrected chi connectivity index (χ1v) is 7.58. The number of benzene rings is 2. The van der Waals surface area contributed by atoms with Crippen molar-refractivity contribution in [3.05, 3.63) is 71.8 Å².